The van der Waals surface area contributed by atoms with Gasteiger partial charge < -0.3 is 19.2 Å². The Morgan fingerprint density at radius 1 is 1.13 bits per heavy atom. The molecule has 0 spiro atoms. The molecule has 0 bridgehead atoms. The van der Waals surface area contributed by atoms with Crippen LogP contribution >= 0.6 is 11.6 Å². The number of nitrogens with zero attached hydrogens (tertiary/aromatic N) is 2. The van der Waals surface area contributed by atoms with Crippen LogP contribution in [-0.2, 0) is 13.2 Å². The largest absolute Gasteiger partial charge is 0.545 e. The summed E-state index contributed by atoms with van der Waals surface area (Å²) in [6.45, 7) is 0.949. The van der Waals surface area contributed by atoms with E-state index >= 15 is 0 Å². The third-order valence-corrected chi connectivity index (χ3v) is 5.51. The van der Waals surface area contributed by atoms with E-state index in [2.05, 4.69) is 11.1 Å². The molecule has 6 heteroatoms. The van der Waals surface area contributed by atoms with Crippen molar-refractivity contribution in [3.8, 4) is 5.75 Å². The smallest absolute Gasteiger partial charge is 0.127 e. The maximum absolute atomic E-state index is 11.5. The summed E-state index contributed by atoms with van der Waals surface area (Å²) in [5.41, 5.74) is 5.59. The molecule has 0 atom stereocenters. The predicted molar refractivity (Wildman–Crippen MR) is 113 cm³/mol. The van der Waals surface area contributed by atoms with Crippen molar-refractivity contribution in [2.75, 3.05) is 0 Å². The van der Waals surface area contributed by atoms with Gasteiger partial charge in [0.1, 0.15) is 12.4 Å². The number of benzene rings is 3. The summed E-state index contributed by atoms with van der Waals surface area (Å²) in [5.74, 6) is -0.578. The second-order valence-electron chi connectivity index (χ2n) is 7.09. The van der Waals surface area contributed by atoms with Crippen LogP contribution in [0.4, 0.5) is 0 Å². The number of rotatable bonds is 3. The molecule has 3 aromatic carbocycles. The number of ether oxygens (including phenoxy) is 1. The van der Waals surface area contributed by atoms with E-state index in [1.54, 1.807) is 18.5 Å². The lowest BCUT2D eigenvalue weighted by Crippen LogP contribution is -2.22. The lowest BCUT2D eigenvalue weighted by Gasteiger charge is -2.13. The molecule has 0 aliphatic carbocycles. The molecule has 0 amide bonds. The van der Waals surface area contributed by atoms with Gasteiger partial charge in [-0.25, -0.2) is 4.98 Å². The van der Waals surface area contributed by atoms with E-state index in [-0.39, 0.29) is 5.56 Å². The van der Waals surface area contributed by atoms with E-state index in [0.717, 1.165) is 33.3 Å². The van der Waals surface area contributed by atoms with Crippen molar-refractivity contribution >= 4 is 34.2 Å². The molecule has 0 unspecified atom stereocenters. The van der Waals surface area contributed by atoms with Gasteiger partial charge in [-0.15, -0.1) is 0 Å². The second kappa shape index (κ2) is 7.35. The van der Waals surface area contributed by atoms with E-state index in [1.807, 2.05) is 47.0 Å². The molecular weight excluding hydrogens is 400 g/mol. The zero-order valence-electron chi connectivity index (χ0n) is 15.8. The van der Waals surface area contributed by atoms with E-state index < -0.39 is 5.97 Å². The molecule has 30 heavy (non-hydrogen) atoms. The first kappa shape index (κ1) is 18.5. The van der Waals surface area contributed by atoms with Gasteiger partial charge in [0.25, 0.3) is 0 Å². The molecule has 0 saturated carbocycles. The summed E-state index contributed by atoms with van der Waals surface area (Å²) in [6.07, 6.45) is 3.84. The summed E-state index contributed by atoms with van der Waals surface area (Å²) in [4.78, 5) is 15.9. The summed E-state index contributed by atoms with van der Waals surface area (Å²) >= 11 is 6.16. The first-order valence-corrected chi connectivity index (χ1v) is 9.85. The highest BCUT2D eigenvalue weighted by Gasteiger charge is 2.19. The van der Waals surface area contributed by atoms with Gasteiger partial charge in [-0.1, -0.05) is 41.9 Å². The topological polar surface area (TPSA) is 67.2 Å². The van der Waals surface area contributed by atoms with Crippen molar-refractivity contribution in [3.63, 3.8) is 0 Å². The molecule has 1 aliphatic heterocycles. The minimum absolute atomic E-state index is 0.113. The zero-order valence-corrected chi connectivity index (χ0v) is 16.6. The Morgan fingerprint density at radius 2 is 2.00 bits per heavy atom. The number of carbonyl (C=O) groups excluding carboxylic acids is 1. The number of allylic oxidation sites excluding steroid dienone is 1. The van der Waals surface area contributed by atoms with Crippen LogP contribution in [-0.4, -0.2) is 15.5 Å². The molecule has 4 aromatic rings. The predicted octanol–water partition coefficient (Wildman–Crippen LogP) is 4.08. The second-order valence-corrected chi connectivity index (χ2v) is 7.53. The van der Waals surface area contributed by atoms with Gasteiger partial charge in [0.15, 0.2) is 0 Å². The van der Waals surface area contributed by atoms with Gasteiger partial charge in [-0.3, -0.25) is 0 Å². The number of aromatic nitrogens is 2. The molecule has 0 N–H and O–H groups in total. The van der Waals surface area contributed by atoms with Gasteiger partial charge in [0.05, 0.1) is 23.3 Å². The number of halogens is 1. The van der Waals surface area contributed by atoms with Crippen molar-refractivity contribution in [1.82, 2.24) is 9.55 Å². The van der Waals surface area contributed by atoms with Crippen molar-refractivity contribution < 1.29 is 14.6 Å². The Kier molecular flexibility index (Phi) is 4.52. The average Bonchev–Trinajstić information content (AvgIpc) is 3.07. The monoisotopic (exact) mass is 415 g/mol. The maximum Gasteiger partial charge on any atom is 0.127 e. The molecule has 148 valence electrons. The minimum atomic E-state index is -1.22. The van der Waals surface area contributed by atoms with E-state index in [4.69, 9.17) is 16.3 Å². The molecule has 1 aromatic heterocycles. The quantitative estimate of drug-likeness (QED) is 0.505. The van der Waals surface area contributed by atoms with Crippen molar-refractivity contribution in [2.45, 2.75) is 13.2 Å². The van der Waals surface area contributed by atoms with E-state index in [1.165, 1.54) is 6.07 Å². The molecule has 1 aliphatic rings. The summed E-state index contributed by atoms with van der Waals surface area (Å²) < 4.78 is 7.98. The number of carboxylic acids is 1. The first-order chi connectivity index (χ1) is 14.6. The van der Waals surface area contributed by atoms with E-state index in [0.29, 0.717) is 23.9 Å². The van der Waals surface area contributed by atoms with Crippen molar-refractivity contribution in [2.24, 2.45) is 0 Å². The summed E-state index contributed by atoms with van der Waals surface area (Å²) in [7, 11) is 0. The lowest BCUT2D eigenvalue weighted by atomic mass is 9.93. The van der Waals surface area contributed by atoms with Crippen LogP contribution < -0.4 is 9.84 Å². The normalized spacial score (nSPS) is 14.1. The Labute approximate surface area is 177 Å². The molecule has 5 rings (SSSR count). The molecule has 0 saturated heterocycles. The number of fused-ring (bicyclic) bond motifs is 3. The maximum atomic E-state index is 11.5. The van der Waals surface area contributed by atoms with Crippen molar-refractivity contribution in [3.05, 3.63) is 100 Å². The Balaban J connectivity index is 1.66. The molecule has 0 fully saturated rings. The molecule has 5 nitrogen and oxygen atoms in total. The summed E-state index contributed by atoms with van der Waals surface area (Å²) in [6, 6.07) is 18.4. The van der Waals surface area contributed by atoms with Gasteiger partial charge in [-0.05, 0) is 58.7 Å². The SMILES string of the molecule is O=C([O-])c1ccc2c(c1)/C(=C/Cn1cnc3ccc(Cl)cc31)c1ccccc1CO2. The van der Waals surface area contributed by atoms with Gasteiger partial charge in [-0.2, -0.15) is 0 Å². The molecule has 2 heterocycles. The Bertz CT molecular complexity index is 1320. The fourth-order valence-corrected chi connectivity index (χ4v) is 3.95. The molecular formula is C24H16ClN2O3-. The van der Waals surface area contributed by atoms with Crippen LogP contribution in [0.2, 0.25) is 5.02 Å². The van der Waals surface area contributed by atoms with Crippen LogP contribution in [0.1, 0.15) is 27.0 Å². The van der Waals surface area contributed by atoms with Crippen LogP contribution in [0.5, 0.6) is 5.75 Å². The lowest BCUT2D eigenvalue weighted by molar-refractivity contribution is -0.255. The highest BCUT2D eigenvalue weighted by atomic mass is 35.5. The van der Waals surface area contributed by atoms with Crippen LogP contribution in [0.25, 0.3) is 16.6 Å². The fraction of sp³-hybridized carbons (Fsp3) is 0.0833. The van der Waals surface area contributed by atoms with Crippen LogP contribution in [0, 0.1) is 0 Å². The number of hydrogen-bond donors (Lipinski definition) is 0. The van der Waals surface area contributed by atoms with E-state index in [9.17, 15) is 9.90 Å². The third-order valence-electron chi connectivity index (χ3n) is 5.27. The average molecular weight is 416 g/mol. The zero-order chi connectivity index (χ0) is 20.7. The number of imidazole rings is 1. The number of carboxylic acid groups (broad SMARTS) is 1. The van der Waals surface area contributed by atoms with Gasteiger partial charge >= 0.3 is 0 Å². The number of hydrogen-bond acceptors (Lipinski definition) is 4. The van der Waals surface area contributed by atoms with Gasteiger partial charge in [0.2, 0.25) is 0 Å². The highest BCUT2D eigenvalue weighted by Crippen LogP contribution is 2.37. The first-order valence-electron chi connectivity index (χ1n) is 9.47. The van der Waals surface area contributed by atoms with Crippen LogP contribution in [0.3, 0.4) is 0 Å². The molecule has 0 radical (unpaired) electrons. The van der Waals surface area contributed by atoms with Crippen LogP contribution in [0.15, 0.2) is 73.1 Å². The number of carbonyl (C=O) groups is 1. The standard InChI is InChI=1S/C24H17ClN2O3/c25-17-6-7-21-22(12-17)27(14-26-21)10-9-19-18-4-2-1-3-16(18)13-30-23-8-5-15(24(28)29)11-20(19)23/h1-9,11-12,14H,10,13H2,(H,28,29)/p-1/b19-9+. The van der Waals surface area contributed by atoms with Gasteiger partial charge in [0, 0.05) is 17.1 Å². The summed E-state index contributed by atoms with van der Waals surface area (Å²) in [5, 5.41) is 12.1. The Morgan fingerprint density at radius 3 is 2.87 bits per heavy atom. The highest BCUT2D eigenvalue weighted by molar-refractivity contribution is 6.31. The minimum Gasteiger partial charge on any atom is -0.545 e. The third kappa shape index (κ3) is 3.23. The van der Waals surface area contributed by atoms with Crippen molar-refractivity contribution in [1.29, 1.82) is 0 Å². The fourth-order valence-electron chi connectivity index (χ4n) is 3.79. The number of aromatic carboxylic acids is 1. The Hall–Kier alpha value is -3.57.